The molecule has 4 atom stereocenters. The van der Waals surface area contributed by atoms with E-state index in [4.69, 9.17) is 0 Å². The average Bonchev–Trinajstić information content (AvgIpc) is 2.37. The molecule has 0 saturated heterocycles. The van der Waals surface area contributed by atoms with E-state index in [0.29, 0.717) is 0 Å². The van der Waals surface area contributed by atoms with Crippen LogP contribution in [0.1, 0.15) is 81.1 Å². The molecule has 18 heavy (non-hydrogen) atoms. The van der Waals surface area contributed by atoms with Gasteiger partial charge in [0.1, 0.15) is 0 Å². The fraction of sp³-hybridized carbons (Fsp3) is 1.00. The molecular weight excluding hydrogens is 216 g/mol. The Morgan fingerprint density at radius 3 is 1.28 bits per heavy atom. The Kier molecular flexibility index (Phi) is 8.99. The fourth-order valence-electron chi connectivity index (χ4n) is 3.94. The third kappa shape index (κ3) is 4.59. The van der Waals surface area contributed by atoms with Gasteiger partial charge < -0.3 is 0 Å². The predicted molar refractivity (Wildman–Crippen MR) is 84.8 cm³/mol. The van der Waals surface area contributed by atoms with Crippen LogP contribution >= 0.6 is 0 Å². The minimum absolute atomic E-state index is 0.813. The molecule has 0 radical (unpaired) electrons. The van der Waals surface area contributed by atoms with Gasteiger partial charge in [-0.1, -0.05) is 81.1 Å². The summed E-state index contributed by atoms with van der Waals surface area (Å²) in [5.41, 5.74) is 0. The highest BCUT2D eigenvalue weighted by Crippen LogP contribution is 2.40. The number of rotatable bonds is 9. The molecule has 0 nitrogen and oxygen atoms in total. The maximum atomic E-state index is 2.50. The van der Waals surface area contributed by atoms with E-state index in [1.165, 1.54) is 25.7 Å². The monoisotopic (exact) mass is 254 g/mol. The summed E-state index contributed by atoms with van der Waals surface area (Å²) in [6.07, 6.45) is 5.43. The molecule has 0 N–H and O–H groups in total. The number of hydrogen-bond acceptors (Lipinski definition) is 0. The van der Waals surface area contributed by atoms with Crippen LogP contribution in [0, 0.1) is 35.5 Å². The topological polar surface area (TPSA) is 0 Å². The van der Waals surface area contributed by atoms with Crippen LogP contribution in [0.3, 0.4) is 0 Å². The van der Waals surface area contributed by atoms with Crippen molar-refractivity contribution in [3.05, 3.63) is 0 Å². The van der Waals surface area contributed by atoms with Gasteiger partial charge in [-0.2, -0.15) is 0 Å². The standard InChI is InChI=1S/C18H38/c1-9-16(10-2)18(12-4)17(11-3)15(8)14(7)13(5)6/h13-18H,9-12H2,1-8H3. The molecule has 0 amide bonds. The second-order valence-electron chi connectivity index (χ2n) is 6.68. The summed E-state index contributed by atoms with van der Waals surface area (Å²) in [5, 5.41) is 0. The van der Waals surface area contributed by atoms with Gasteiger partial charge in [0.25, 0.3) is 0 Å². The molecule has 0 aliphatic rings. The van der Waals surface area contributed by atoms with E-state index >= 15 is 0 Å². The minimum Gasteiger partial charge on any atom is -0.0651 e. The van der Waals surface area contributed by atoms with Gasteiger partial charge in [0, 0.05) is 0 Å². The molecule has 110 valence electrons. The van der Waals surface area contributed by atoms with E-state index in [1.807, 2.05) is 0 Å². The SMILES string of the molecule is CCC(CC)C(CC)C(CC)C(C)C(C)C(C)C. The van der Waals surface area contributed by atoms with Gasteiger partial charge in [0.2, 0.25) is 0 Å². The Bertz CT molecular complexity index is 190. The van der Waals surface area contributed by atoms with Crippen LogP contribution in [-0.4, -0.2) is 0 Å². The first-order valence-corrected chi connectivity index (χ1v) is 8.44. The lowest BCUT2D eigenvalue weighted by atomic mass is 9.66. The molecule has 0 aromatic rings. The van der Waals surface area contributed by atoms with Crippen LogP contribution in [0.25, 0.3) is 0 Å². The van der Waals surface area contributed by atoms with Crippen molar-refractivity contribution in [2.24, 2.45) is 35.5 Å². The first kappa shape index (κ1) is 18.0. The molecule has 0 spiro atoms. The van der Waals surface area contributed by atoms with Crippen LogP contribution in [0.4, 0.5) is 0 Å². The van der Waals surface area contributed by atoms with E-state index in [9.17, 15) is 0 Å². The van der Waals surface area contributed by atoms with Crippen molar-refractivity contribution in [1.29, 1.82) is 0 Å². The van der Waals surface area contributed by atoms with E-state index in [-0.39, 0.29) is 0 Å². The Hall–Kier alpha value is 0. The van der Waals surface area contributed by atoms with E-state index < -0.39 is 0 Å². The molecule has 0 rings (SSSR count). The molecule has 0 heteroatoms. The lowest BCUT2D eigenvalue weighted by molar-refractivity contribution is 0.102. The summed E-state index contributed by atoms with van der Waals surface area (Å²) in [6.45, 7) is 19.3. The Balaban J connectivity index is 4.90. The lowest BCUT2D eigenvalue weighted by Crippen LogP contribution is -2.31. The quantitative estimate of drug-likeness (QED) is 0.446. The van der Waals surface area contributed by atoms with Gasteiger partial charge in [-0.05, 0) is 35.5 Å². The van der Waals surface area contributed by atoms with Gasteiger partial charge in [-0.3, -0.25) is 0 Å². The van der Waals surface area contributed by atoms with Crippen molar-refractivity contribution in [3.8, 4) is 0 Å². The van der Waals surface area contributed by atoms with Gasteiger partial charge in [-0.15, -0.1) is 0 Å². The third-order valence-electron chi connectivity index (χ3n) is 5.70. The molecular formula is C18H38. The van der Waals surface area contributed by atoms with Crippen molar-refractivity contribution in [3.63, 3.8) is 0 Å². The summed E-state index contributed by atoms with van der Waals surface area (Å²) in [7, 11) is 0. The lowest BCUT2D eigenvalue weighted by Gasteiger charge is -2.39. The molecule has 0 fully saturated rings. The zero-order valence-electron chi connectivity index (χ0n) is 14.3. The zero-order chi connectivity index (χ0) is 14.3. The Labute approximate surface area is 117 Å². The van der Waals surface area contributed by atoms with Crippen molar-refractivity contribution in [1.82, 2.24) is 0 Å². The summed E-state index contributed by atoms with van der Waals surface area (Å²) < 4.78 is 0. The van der Waals surface area contributed by atoms with Crippen LogP contribution < -0.4 is 0 Å². The smallest absolute Gasteiger partial charge is 0.0357 e. The Morgan fingerprint density at radius 1 is 0.556 bits per heavy atom. The van der Waals surface area contributed by atoms with E-state index in [1.54, 1.807) is 0 Å². The predicted octanol–water partition coefficient (Wildman–Crippen LogP) is 6.40. The number of hydrogen-bond donors (Lipinski definition) is 0. The van der Waals surface area contributed by atoms with E-state index in [2.05, 4.69) is 55.4 Å². The summed E-state index contributed by atoms with van der Waals surface area (Å²) in [5.74, 6) is 5.30. The highest BCUT2D eigenvalue weighted by atomic mass is 14.4. The molecule has 0 aliphatic heterocycles. The zero-order valence-corrected chi connectivity index (χ0v) is 14.3. The maximum absolute atomic E-state index is 2.50. The molecule has 4 unspecified atom stereocenters. The maximum Gasteiger partial charge on any atom is -0.0357 e. The summed E-state index contributed by atoms with van der Waals surface area (Å²) in [6, 6.07) is 0. The molecule has 0 aromatic heterocycles. The van der Waals surface area contributed by atoms with Crippen molar-refractivity contribution >= 4 is 0 Å². The second-order valence-corrected chi connectivity index (χ2v) is 6.68. The van der Waals surface area contributed by atoms with Crippen LogP contribution in [-0.2, 0) is 0 Å². The van der Waals surface area contributed by atoms with Crippen molar-refractivity contribution < 1.29 is 0 Å². The molecule has 0 heterocycles. The van der Waals surface area contributed by atoms with Gasteiger partial charge in [0.15, 0.2) is 0 Å². The fourth-order valence-corrected chi connectivity index (χ4v) is 3.94. The molecule has 0 saturated carbocycles. The molecule has 0 bridgehead atoms. The van der Waals surface area contributed by atoms with Crippen molar-refractivity contribution in [2.45, 2.75) is 81.1 Å². The van der Waals surface area contributed by atoms with Gasteiger partial charge >= 0.3 is 0 Å². The van der Waals surface area contributed by atoms with Crippen LogP contribution in [0.2, 0.25) is 0 Å². The highest BCUT2D eigenvalue weighted by Gasteiger charge is 2.32. The first-order chi connectivity index (χ1) is 8.44. The average molecular weight is 255 g/mol. The summed E-state index contributed by atoms with van der Waals surface area (Å²) in [4.78, 5) is 0. The van der Waals surface area contributed by atoms with Crippen molar-refractivity contribution in [2.75, 3.05) is 0 Å². The van der Waals surface area contributed by atoms with Gasteiger partial charge in [-0.25, -0.2) is 0 Å². The van der Waals surface area contributed by atoms with Gasteiger partial charge in [0.05, 0.1) is 0 Å². The normalized spacial score (nSPS) is 19.0. The van der Waals surface area contributed by atoms with Crippen LogP contribution in [0.15, 0.2) is 0 Å². The van der Waals surface area contributed by atoms with E-state index in [0.717, 1.165) is 35.5 Å². The largest absolute Gasteiger partial charge is 0.0651 e. The summed E-state index contributed by atoms with van der Waals surface area (Å²) >= 11 is 0. The first-order valence-electron chi connectivity index (χ1n) is 8.44. The third-order valence-corrected chi connectivity index (χ3v) is 5.70. The molecule has 0 aliphatic carbocycles. The molecule has 0 aromatic carbocycles. The second kappa shape index (κ2) is 8.99. The van der Waals surface area contributed by atoms with Crippen LogP contribution in [0.5, 0.6) is 0 Å². The highest BCUT2D eigenvalue weighted by molar-refractivity contribution is 4.81. The minimum atomic E-state index is 0.813. The Morgan fingerprint density at radius 2 is 1.00 bits per heavy atom.